The number of thiazole rings is 1. The standard InChI is InChI=1S/C14H22N2O2S/c1-3-14(4-2)5-7-16(8-6-14)9-11-10-19-12(15-11)13(17)18/h10H,3-9H2,1-2H3,(H,17,18). The fourth-order valence-corrected chi connectivity index (χ4v) is 3.50. The summed E-state index contributed by atoms with van der Waals surface area (Å²) >= 11 is 1.22. The smallest absolute Gasteiger partial charge is 0.365 e. The van der Waals surface area contributed by atoms with E-state index in [-0.39, 0.29) is 5.01 Å². The van der Waals surface area contributed by atoms with E-state index >= 15 is 0 Å². The van der Waals surface area contributed by atoms with Crippen molar-refractivity contribution in [3.05, 3.63) is 16.1 Å². The molecule has 1 aromatic rings. The van der Waals surface area contributed by atoms with E-state index in [4.69, 9.17) is 5.11 Å². The number of carboxylic acids is 1. The molecule has 0 radical (unpaired) electrons. The summed E-state index contributed by atoms with van der Waals surface area (Å²) in [6.07, 6.45) is 5.01. The molecule has 19 heavy (non-hydrogen) atoms. The van der Waals surface area contributed by atoms with Crippen LogP contribution < -0.4 is 0 Å². The van der Waals surface area contributed by atoms with Gasteiger partial charge in [-0.1, -0.05) is 26.7 Å². The summed E-state index contributed by atoms with van der Waals surface area (Å²) in [4.78, 5) is 17.4. The Morgan fingerprint density at radius 2 is 2.05 bits per heavy atom. The highest BCUT2D eigenvalue weighted by Crippen LogP contribution is 2.38. The Hall–Kier alpha value is -0.940. The molecule has 1 aromatic heterocycles. The number of piperidine rings is 1. The minimum Gasteiger partial charge on any atom is -0.476 e. The minimum atomic E-state index is -0.925. The molecular weight excluding hydrogens is 260 g/mol. The largest absolute Gasteiger partial charge is 0.476 e. The summed E-state index contributed by atoms with van der Waals surface area (Å²) in [6, 6.07) is 0. The van der Waals surface area contributed by atoms with E-state index in [1.165, 1.54) is 37.0 Å². The van der Waals surface area contributed by atoms with Gasteiger partial charge in [-0.2, -0.15) is 0 Å². The zero-order chi connectivity index (χ0) is 13.9. The van der Waals surface area contributed by atoms with Gasteiger partial charge in [0, 0.05) is 11.9 Å². The van der Waals surface area contributed by atoms with E-state index in [0.29, 0.717) is 5.41 Å². The van der Waals surface area contributed by atoms with Crippen LogP contribution in [0.4, 0.5) is 0 Å². The number of carbonyl (C=O) groups is 1. The summed E-state index contributed by atoms with van der Waals surface area (Å²) in [5, 5.41) is 10.9. The van der Waals surface area contributed by atoms with Gasteiger partial charge in [0.15, 0.2) is 0 Å². The molecule has 106 valence electrons. The fourth-order valence-electron chi connectivity index (χ4n) is 2.85. The second-order valence-electron chi connectivity index (χ2n) is 5.43. The third-order valence-electron chi connectivity index (χ3n) is 4.54. The van der Waals surface area contributed by atoms with Gasteiger partial charge in [0.2, 0.25) is 5.01 Å². The summed E-state index contributed by atoms with van der Waals surface area (Å²) in [6.45, 7) is 7.56. The Kier molecular flexibility index (Phi) is 4.58. The molecule has 4 nitrogen and oxygen atoms in total. The highest BCUT2D eigenvalue weighted by atomic mass is 32.1. The zero-order valence-corrected chi connectivity index (χ0v) is 12.5. The molecule has 1 fully saturated rings. The second kappa shape index (κ2) is 6.01. The highest BCUT2D eigenvalue weighted by Gasteiger charge is 2.31. The Balaban J connectivity index is 1.90. The molecule has 2 heterocycles. The summed E-state index contributed by atoms with van der Waals surface area (Å²) in [5.41, 5.74) is 1.42. The Labute approximate surface area is 118 Å². The summed E-state index contributed by atoms with van der Waals surface area (Å²) < 4.78 is 0. The van der Waals surface area contributed by atoms with Crippen LogP contribution in [0.25, 0.3) is 0 Å². The number of hydrogen-bond donors (Lipinski definition) is 1. The lowest BCUT2D eigenvalue weighted by Crippen LogP contribution is -2.39. The van der Waals surface area contributed by atoms with Crippen LogP contribution in [-0.4, -0.2) is 34.0 Å². The lowest BCUT2D eigenvalue weighted by Gasteiger charge is -2.40. The molecule has 1 saturated heterocycles. The van der Waals surface area contributed by atoms with Gasteiger partial charge in [-0.05, 0) is 31.3 Å². The minimum absolute atomic E-state index is 0.198. The Bertz CT molecular complexity index is 430. The van der Waals surface area contributed by atoms with Crippen LogP contribution in [0.5, 0.6) is 0 Å². The van der Waals surface area contributed by atoms with Crippen molar-refractivity contribution in [2.45, 2.75) is 46.1 Å². The highest BCUT2D eigenvalue weighted by molar-refractivity contribution is 7.11. The third kappa shape index (κ3) is 3.34. The molecule has 0 amide bonds. The van der Waals surface area contributed by atoms with Crippen LogP contribution in [0.1, 0.15) is 55.0 Å². The molecule has 1 aliphatic rings. The average molecular weight is 282 g/mol. The maximum atomic E-state index is 10.8. The van der Waals surface area contributed by atoms with Gasteiger partial charge in [0.25, 0.3) is 0 Å². The topological polar surface area (TPSA) is 53.4 Å². The molecular formula is C14H22N2O2S. The number of carboxylic acid groups (broad SMARTS) is 1. The predicted octanol–water partition coefficient (Wildman–Crippen LogP) is 3.24. The van der Waals surface area contributed by atoms with Crippen molar-refractivity contribution in [1.82, 2.24) is 9.88 Å². The van der Waals surface area contributed by atoms with Crippen molar-refractivity contribution in [2.24, 2.45) is 5.41 Å². The van der Waals surface area contributed by atoms with Crippen LogP contribution in [0.3, 0.4) is 0 Å². The fraction of sp³-hybridized carbons (Fsp3) is 0.714. The van der Waals surface area contributed by atoms with Crippen LogP contribution in [-0.2, 0) is 6.54 Å². The number of nitrogens with zero attached hydrogens (tertiary/aromatic N) is 2. The van der Waals surface area contributed by atoms with Gasteiger partial charge in [-0.25, -0.2) is 9.78 Å². The average Bonchev–Trinajstić information content (AvgIpc) is 2.89. The first-order valence-electron chi connectivity index (χ1n) is 6.98. The number of aromatic nitrogens is 1. The van der Waals surface area contributed by atoms with Crippen molar-refractivity contribution < 1.29 is 9.90 Å². The Morgan fingerprint density at radius 3 is 2.53 bits per heavy atom. The van der Waals surface area contributed by atoms with Gasteiger partial charge in [0.05, 0.1) is 5.69 Å². The maximum Gasteiger partial charge on any atom is 0.365 e. The third-order valence-corrected chi connectivity index (χ3v) is 5.42. The molecule has 0 bridgehead atoms. The van der Waals surface area contributed by atoms with Crippen LogP contribution >= 0.6 is 11.3 Å². The molecule has 0 aromatic carbocycles. The van der Waals surface area contributed by atoms with Gasteiger partial charge >= 0.3 is 5.97 Å². The monoisotopic (exact) mass is 282 g/mol. The molecule has 0 atom stereocenters. The first-order chi connectivity index (χ1) is 9.08. The lowest BCUT2D eigenvalue weighted by molar-refractivity contribution is 0.0695. The van der Waals surface area contributed by atoms with Crippen molar-refractivity contribution in [2.75, 3.05) is 13.1 Å². The van der Waals surface area contributed by atoms with Gasteiger partial charge in [-0.15, -0.1) is 11.3 Å². The molecule has 1 N–H and O–H groups in total. The molecule has 5 heteroatoms. The van der Waals surface area contributed by atoms with Crippen LogP contribution in [0.2, 0.25) is 0 Å². The second-order valence-corrected chi connectivity index (χ2v) is 6.29. The van der Waals surface area contributed by atoms with E-state index in [2.05, 4.69) is 23.7 Å². The molecule has 0 unspecified atom stereocenters. The molecule has 0 spiro atoms. The maximum absolute atomic E-state index is 10.8. The summed E-state index contributed by atoms with van der Waals surface area (Å²) in [7, 11) is 0. The van der Waals surface area contributed by atoms with E-state index in [9.17, 15) is 4.79 Å². The normalized spacial score (nSPS) is 19.5. The lowest BCUT2D eigenvalue weighted by atomic mass is 9.74. The first kappa shape index (κ1) is 14.5. The summed E-state index contributed by atoms with van der Waals surface area (Å²) in [5.74, 6) is -0.925. The molecule has 0 saturated carbocycles. The first-order valence-corrected chi connectivity index (χ1v) is 7.86. The van der Waals surface area contributed by atoms with Crippen molar-refractivity contribution in [3.8, 4) is 0 Å². The van der Waals surface area contributed by atoms with Crippen molar-refractivity contribution in [1.29, 1.82) is 0 Å². The van der Waals surface area contributed by atoms with Gasteiger partial charge in [-0.3, -0.25) is 4.90 Å². The van der Waals surface area contributed by atoms with Crippen LogP contribution in [0.15, 0.2) is 5.38 Å². The SMILES string of the molecule is CCC1(CC)CCN(Cc2csc(C(=O)O)n2)CC1. The number of aromatic carboxylic acids is 1. The quantitative estimate of drug-likeness (QED) is 0.900. The number of rotatable bonds is 5. The molecule has 0 aliphatic carbocycles. The zero-order valence-electron chi connectivity index (χ0n) is 11.7. The molecule has 2 rings (SSSR count). The van der Waals surface area contributed by atoms with Gasteiger partial charge < -0.3 is 5.11 Å². The van der Waals surface area contributed by atoms with E-state index < -0.39 is 5.97 Å². The van der Waals surface area contributed by atoms with Gasteiger partial charge in [0.1, 0.15) is 0 Å². The number of likely N-dealkylation sites (tertiary alicyclic amines) is 1. The molecule has 1 aliphatic heterocycles. The van der Waals surface area contributed by atoms with Crippen molar-refractivity contribution >= 4 is 17.3 Å². The number of hydrogen-bond acceptors (Lipinski definition) is 4. The predicted molar refractivity (Wildman–Crippen MR) is 76.6 cm³/mol. The van der Waals surface area contributed by atoms with Crippen molar-refractivity contribution in [3.63, 3.8) is 0 Å². The van der Waals surface area contributed by atoms with E-state index in [1.807, 2.05) is 5.38 Å². The van der Waals surface area contributed by atoms with E-state index in [1.54, 1.807) is 0 Å². The Morgan fingerprint density at radius 1 is 1.42 bits per heavy atom. The van der Waals surface area contributed by atoms with Crippen LogP contribution in [0, 0.1) is 5.41 Å². The van der Waals surface area contributed by atoms with E-state index in [0.717, 1.165) is 25.3 Å².